The van der Waals surface area contributed by atoms with Gasteiger partial charge in [-0.15, -0.1) is 0 Å². The number of carbonyl (C=O) groups is 1. The highest BCUT2D eigenvalue weighted by molar-refractivity contribution is 6.07. The van der Waals surface area contributed by atoms with E-state index in [-0.39, 0.29) is 6.61 Å². The smallest absolute Gasteiger partial charge is 0.210 e. The number of hydrogen-bond acceptors (Lipinski definition) is 6. The summed E-state index contributed by atoms with van der Waals surface area (Å²) in [4.78, 5) is 22.0. The molecule has 28 heavy (non-hydrogen) atoms. The fourth-order valence-corrected chi connectivity index (χ4v) is 3.38. The maximum atomic E-state index is 11.2. The van der Waals surface area contributed by atoms with Crippen LogP contribution < -0.4 is 5.73 Å². The number of amides is 1. The van der Waals surface area contributed by atoms with Crippen LogP contribution in [0.2, 0.25) is 0 Å². The van der Waals surface area contributed by atoms with Gasteiger partial charge in [0.05, 0.1) is 29.9 Å². The van der Waals surface area contributed by atoms with Crippen LogP contribution in [-0.2, 0) is 17.9 Å². The zero-order chi connectivity index (χ0) is 19.7. The van der Waals surface area contributed by atoms with Gasteiger partial charge in [0.15, 0.2) is 5.82 Å². The normalized spacial score (nSPS) is 11.4. The van der Waals surface area contributed by atoms with Crippen molar-refractivity contribution in [3.63, 3.8) is 0 Å². The van der Waals surface area contributed by atoms with Crippen LogP contribution in [0.5, 0.6) is 0 Å². The zero-order valence-corrected chi connectivity index (χ0v) is 15.5. The topological polar surface area (TPSA) is 115 Å². The number of hydrogen-bond donors (Lipinski definition) is 2. The molecule has 3 N–H and O–H groups in total. The molecule has 0 bridgehead atoms. The molecule has 0 saturated carbocycles. The zero-order valence-electron chi connectivity index (χ0n) is 15.5. The second-order valence-electron chi connectivity index (χ2n) is 6.42. The number of aromatic nitrogens is 5. The van der Waals surface area contributed by atoms with Crippen LogP contribution >= 0.6 is 0 Å². The predicted molar refractivity (Wildman–Crippen MR) is 106 cm³/mol. The van der Waals surface area contributed by atoms with Crippen molar-refractivity contribution in [2.24, 2.45) is 0 Å². The Hall–Kier alpha value is -3.46. The van der Waals surface area contributed by atoms with Crippen molar-refractivity contribution in [3.8, 4) is 5.69 Å². The molecule has 0 unspecified atom stereocenters. The first-order chi connectivity index (χ1) is 13.7. The summed E-state index contributed by atoms with van der Waals surface area (Å²) in [5.41, 5.74) is 9.18. The summed E-state index contributed by atoms with van der Waals surface area (Å²) in [6.07, 6.45) is 4.36. The highest BCUT2D eigenvalue weighted by atomic mass is 16.3. The lowest BCUT2D eigenvalue weighted by Gasteiger charge is -2.15. The van der Waals surface area contributed by atoms with Gasteiger partial charge >= 0.3 is 0 Å². The fraction of sp³-hybridized carbons (Fsp3) is 0.263. The molecule has 0 fully saturated rings. The van der Waals surface area contributed by atoms with Crippen LogP contribution in [0.3, 0.4) is 0 Å². The molecule has 3 aromatic heterocycles. The van der Waals surface area contributed by atoms with Crippen LogP contribution in [0.4, 0.5) is 5.82 Å². The van der Waals surface area contributed by atoms with Gasteiger partial charge in [0.2, 0.25) is 6.41 Å². The van der Waals surface area contributed by atoms with Crippen molar-refractivity contribution in [1.82, 2.24) is 29.2 Å². The van der Waals surface area contributed by atoms with Gasteiger partial charge in [-0.3, -0.25) is 4.79 Å². The molecular weight excluding hydrogens is 358 g/mol. The maximum absolute atomic E-state index is 11.2. The number of nitrogens with two attached hydrogens (primary N) is 1. The van der Waals surface area contributed by atoms with Gasteiger partial charge in [-0.1, -0.05) is 0 Å². The molecule has 0 radical (unpaired) electrons. The summed E-state index contributed by atoms with van der Waals surface area (Å²) in [5, 5.41) is 14.7. The molecule has 144 valence electrons. The number of carbonyl (C=O) groups excluding carboxylic acids is 1. The number of pyridine rings is 1. The molecule has 3 heterocycles. The molecule has 1 amide bonds. The molecule has 0 aliphatic heterocycles. The Morgan fingerprint density at radius 3 is 2.86 bits per heavy atom. The summed E-state index contributed by atoms with van der Waals surface area (Å²) >= 11 is 0. The number of aliphatic hydroxyl groups is 1. The molecular formula is C19H21N7O2. The predicted octanol–water partition coefficient (Wildman–Crippen LogP) is 1.32. The Morgan fingerprint density at radius 2 is 2.18 bits per heavy atom. The number of aliphatic hydroxyl groups excluding tert-OH is 1. The Labute approximate surface area is 161 Å². The molecule has 4 aromatic rings. The van der Waals surface area contributed by atoms with Crippen LogP contribution in [0.15, 0.2) is 36.7 Å². The quantitative estimate of drug-likeness (QED) is 0.468. The molecule has 4 rings (SSSR count). The summed E-state index contributed by atoms with van der Waals surface area (Å²) in [6, 6.07) is 7.67. The van der Waals surface area contributed by atoms with Crippen LogP contribution in [0, 0.1) is 0 Å². The van der Waals surface area contributed by atoms with Gasteiger partial charge in [0, 0.05) is 30.9 Å². The Morgan fingerprint density at radius 1 is 1.32 bits per heavy atom. The third-order valence-corrected chi connectivity index (χ3v) is 4.76. The standard InChI is InChI=1S/C19H21N7O2/c1-2-24(12-28)11-16-23-17-18(25(16)8-9-27)14-5-4-13(26-7-3-6-21-26)10-15(14)22-19(17)20/h3-7,10,12,27H,2,8-9,11H2,1H3,(H2,20,22). The first-order valence-corrected chi connectivity index (χ1v) is 9.04. The van der Waals surface area contributed by atoms with Crippen molar-refractivity contribution in [2.75, 3.05) is 18.9 Å². The molecule has 9 nitrogen and oxygen atoms in total. The molecule has 1 aromatic carbocycles. The Balaban J connectivity index is 1.94. The molecule has 0 spiro atoms. The minimum absolute atomic E-state index is 0.0548. The van der Waals surface area contributed by atoms with E-state index in [0.717, 1.165) is 23.0 Å². The van der Waals surface area contributed by atoms with Gasteiger partial charge in [-0.2, -0.15) is 5.10 Å². The molecule has 0 saturated heterocycles. The minimum Gasteiger partial charge on any atom is -0.395 e. The second-order valence-corrected chi connectivity index (χ2v) is 6.42. The summed E-state index contributed by atoms with van der Waals surface area (Å²) < 4.78 is 3.66. The van der Waals surface area contributed by atoms with Gasteiger partial charge < -0.3 is 20.3 Å². The molecule has 0 aliphatic carbocycles. The highest BCUT2D eigenvalue weighted by Crippen LogP contribution is 2.30. The van der Waals surface area contributed by atoms with Crippen LogP contribution in [-0.4, -0.2) is 53.9 Å². The van der Waals surface area contributed by atoms with E-state index in [4.69, 9.17) is 5.73 Å². The molecule has 9 heteroatoms. The number of anilines is 1. The lowest BCUT2D eigenvalue weighted by molar-refractivity contribution is -0.118. The number of nitrogens with zero attached hydrogens (tertiary/aromatic N) is 6. The minimum atomic E-state index is -0.0548. The van der Waals surface area contributed by atoms with E-state index in [1.807, 2.05) is 42.0 Å². The van der Waals surface area contributed by atoms with Gasteiger partial charge in [-0.05, 0) is 31.2 Å². The average molecular weight is 379 g/mol. The Kier molecular flexibility index (Phi) is 4.66. The molecule has 0 aliphatic rings. The summed E-state index contributed by atoms with van der Waals surface area (Å²) in [7, 11) is 0. The monoisotopic (exact) mass is 379 g/mol. The van der Waals surface area contributed by atoms with E-state index in [1.54, 1.807) is 15.8 Å². The fourth-order valence-electron chi connectivity index (χ4n) is 3.38. The summed E-state index contributed by atoms with van der Waals surface area (Å²) in [5.74, 6) is 0.974. The van der Waals surface area contributed by atoms with Crippen LogP contribution in [0.1, 0.15) is 12.7 Å². The van der Waals surface area contributed by atoms with E-state index in [2.05, 4.69) is 15.1 Å². The van der Waals surface area contributed by atoms with E-state index in [9.17, 15) is 9.90 Å². The largest absolute Gasteiger partial charge is 0.395 e. The maximum Gasteiger partial charge on any atom is 0.210 e. The van der Waals surface area contributed by atoms with Crippen molar-refractivity contribution in [2.45, 2.75) is 20.0 Å². The lowest BCUT2D eigenvalue weighted by atomic mass is 10.1. The average Bonchev–Trinajstić information content (AvgIpc) is 3.35. The van der Waals surface area contributed by atoms with E-state index in [1.165, 1.54) is 0 Å². The lowest BCUT2D eigenvalue weighted by Crippen LogP contribution is -2.23. The number of fused-ring (bicyclic) bond motifs is 3. The number of rotatable bonds is 7. The van der Waals surface area contributed by atoms with E-state index in [0.29, 0.717) is 42.3 Å². The van der Waals surface area contributed by atoms with Gasteiger partial charge in [0.25, 0.3) is 0 Å². The van der Waals surface area contributed by atoms with Crippen LogP contribution in [0.25, 0.3) is 27.6 Å². The van der Waals surface area contributed by atoms with E-state index < -0.39 is 0 Å². The highest BCUT2D eigenvalue weighted by Gasteiger charge is 2.18. The van der Waals surface area contributed by atoms with E-state index >= 15 is 0 Å². The second kappa shape index (κ2) is 7.28. The van der Waals surface area contributed by atoms with Crippen molar-refractivity contribution in [3.05, 3.63) is 42.5 Å². The SMILES string of the molecule is CCN(C=O)Cc1nc2c(N)nc3cc(-n4cccn4)ccc3c2n1CCO. The first-order valence-electron chi connectivity index (χ1n) is 9.04. The third-order valence-electron chi connectivity index (χ3n) is 4.76. The third kappa shape index (κ3) is 2.95. The van der Waals surface area contributed by atoms with Crippen molar-refractivity contribution in [1.29, 1.82) is 0 Å². The van der Waals surface area contributed by atoms with Crippen molar-refractivity contribution < 1.29 is 9.90 Å². The molecule has 0 atom stereocenters. The number of imidazole rings is 1. The Bertz CT molecular complexity index is 1130. The van der Waals surface area contributed by atoms with Gasteiger partial charge in [0.1, 0.15) is 11.3 Å². The first kappa shape index (κ1) is 17.9. The van der Waals surface area contributed by atoms with Gasteiger partial charge in [-0.25, -0.2) is 14.6 Å². The van der Waals surface area contributed by atoms with Crippen molar-refractivity contribution >= 4 is 34.2 Å². The number of benzene rings is 1. The summed E-state index contributed by atoms with van der Waals surface area (Å²) in [6.45, 7) is 3.09. The number of nitrogen functional groups attached to an aromatic ring is 1.